The Kier molecular flexibility index (Phi) is 13.5. The molecule has 0 aromatic heterocycles. The Morgan fingerprint density at radius 2 is 1.57 bits per heavy atom. The monoisotopic (exact) mass is 457 g/mol. The van der Waals surface area contributed by atoms with E-state index < -0.39 is 10.4 Å². The van der Waals surface area contributed by atoms with Crippen LogP contribution in [0.25, 0.3) is 11.1 Å². The van der Waals surface area contributed by atoms with Crippen molar-refractivity contribution in [1.29, 1.82) is 0 Å². The Balaban J connectivity index is 0.000000656. The number of benzene rings is 2. The molecule has 1 N–H and O–H groups in total. The van der Waals surface area contributed by atoms with Crippen LogP contribution in [0.15, 0.2) is 54.6 Å². The molecule has 2 rings (SSSR count). The van der Waals surface area contributed by atoms with E-state index in [1.165, 1.54) is 29.9 Å². The lowest BCUT2D eigenvalue weighted by atomic mass is 10.1. The van der Waals surface area contributed by atoms with Crippen LogP contribution in [0.4, 0.5) is 0 Å². The first-order valence-electron chi connectivity index (χ1n) is 9.84. The summed E-state index contributed by atoms with van der Waals surface area (Å²) >= 11 is 0. The molecule has 0 aliphatic carbocycles. The van der Waals surface area contributed by atoms with Gasteiger partial charge in [0, 0.05) is 5.56 Å². The van der Waals surface area contributed by atoms with Crippen LogP contribution >= 0.6 is 0 Å². The van der Waals surface area contributed by atoms with E-state index in [0.717, 1.165) is 25.0 Å². The zero-order chi connectivity index (χ0) is 22.2. The summed E-state index contributed by atoms with van der Waals surface area (Å²) in [6.45, 7) is 4.33. The first-order valence-corrected chi connectivity index (χ1v) is 13.2. The van der Waals surface area contributed by atoms with Crippen molar-refractivity contribution in [2.75, 3.05) is 44.7 Å². The van der Waals surface area contributed by atoms with Crippen LogP contribution in [0.2, 0.25) is 0 Å². The highest BCUT2D eigenvalue weighted by Crippen LogP contribution is 2.29. The molecule has 1 atom stereocenters. The number of ether oxygens (including phenoxy) is 2. The molecule has 0 radical (unpaired) electrons. The van der Waals surface area contributed by atoms with E-state index >= 15 is 0 Å². The molecular formula is C22H33O6S2+. The van der Waals surface area contributed by atoms with Crippen molar-refractivity contribution in [2.24, 2.45) is 0 Å². The van der Waals surface area contributed by atoms with Crippen molar-refractivity contribution in [3.8, 4) is 16.9 Å². The first-order chi connectivity index (χ1) is 14.4. The van der Waals surface area contributed by atoms with E-state index in [1.54, 1.807) is 0 Å². The van der Waals surface area contributed by atoms with Crippen LogP contribution in [-0.4, -0.2) is 57.7 Å². The molecule has 0 aliphatic rings. The van der Waals surface area contributed by atoms with Crippen molar-refractivity contribution in [3.63, 3.8) is 0 Å². The van der Waals surface area contributed by atoms with E-state index in [2.05, 4.69) is 47.7 Å². The molecule has 0 heterocycles. The molecular weight excluding hydrogens is 424 g/mol. The number of hydrogen-bond acceptors (Lipinski definition) is 5. The number of hydrogen-bond donors (Lipinski definition) is 1. The van der Waals surface area contributed by atoms with Crippen molar-refractivity contribution < 1.29 is 26.6 Å². The quantitative estimate of drug-likeness (QED) is 0.292. The lowest BCUT2D eigenvalue weighted by molar-refractivity contribution is 0.112. The van der Waals surface area contributed by atoms with Gasteiger partial charge in [0.25, 0.3) is 0 Å². The SMILES string of the molecule is CCCC[S+](C)CCOCCOc1ccccc1-c1ccccc1.COS(=O)(=O)O. The second-order valence-corrected chi connectivity index (χ2v) is 10.0. The summed E-state index contributed by atoms with van der Waals surface area (Å²) in [5, 5.41) is 0. The second-order valence-electron chi connectivity index (χ2n) is 6.46. The molecule has 168 valence electrons. The van der Waals surface area contributed by atoms with E-state index in [4.69, 9.17) is 14.0 Å². The molecule has 2 aromatic rings. The zero-order valence-electron chi connectivity index (χ0n) is 18.0. The van der Waals surface area contributed by atoms with E-state index in [9.17, 15) is 8.42 Å². The maximum atomic E-state index is 9.33. The molecule has 8 heteroatoms. The largest absolute Gasteiger partial charge is 0.491 e. The average molecular weight is 458 g/mol. The van der Waals surface area contributed by atoms with Crippen LogP contribution in [0, 0.1) is 0 Å². The highest BCUT2D eigenvalue weighted by Gasteiger charge is 2.09. The molecule has 0 amide bonds. The summed E-state index contributed by atoms with van der Waals surface area (Å²) in [7, 11) is -2.80. The minimum Gasteiger partial charge on any atom is -0.491 e. The normalized spacial score (nSPS) is 12.0. The predicted molar refractivity (Wildman–Crippen MR) is 125 cm³/mol. The maximum Gasteiger partial charge on any atom is 0.397 e. The summed E-state index contributed by atoms with van der Waals surface area (Å²) in [4.78, 5) is 0. The lowest BCUT2D eigenvalue weighted by Gasteiger charge is -2.12. The van der Waals surface area contributed by atoms with Gasteiger partial charge in [-0.1, -0.05) is 61.9 Å². The Hall–Kier alpha value is -1.58. The Bertz CT molecular complexity index is 796. The average Bonchev–Trinajstić information content (AvgIpc) is 2.75. The molecule has 0 saturated heterocycles. The molecule has 2 aromatic carbocycles. The van der Waals surface area contributed by atoms with Gasteiger partial charge in [-0.2, -0.15) is 8.42 Å². The van der Waals surface area contributed by atoms with E-state index in [1.807, 2.05) is 24.3 Å². The smallest absolute Gasteiger partial charge is 0.397 e. The van der Waals surface area contributed by atoms with Gasteiger partial charge < -0.3 is 9.47 Å². The zero-order valence-corrected chi connectivity index (χ0v) is 19.6. The van der Waals surface area contributed by atoms with E-state index in [-0.39, 0.29) is 0 Å². The van der Waals surface area contributed by atoms with Gasteiger partial charge in [0.15, 0.2) is 0 Å². The van der Waals surface area contributed by atoms with Crippen LogP contribution in [0.3, 0.4) is 0 Å². The molecule has 0 bridgehead atoms. The third-order valence-corrected chi connectivity index (χ3v) is 6.36. The number of rotatable bonds is 12. The second kappa shape index (κ2) is 15.3. The van der Waals surface area contributed by atoms with Crippen molar-refractivity contribution in [2.45, 2.75) is 19.8 Å². The van der Waals surface area contributed by atoms with Crippen molar-refractivity contribution in [1.82, 2.24) is 0 Å². The summed E-state index contributed by atoms with van der Waals surface area (Å²) in [5.74, 6) is 3.42. The van der Waals surface area contributed by atoms with E-state index in [0.29, 0.717) is 24.1 Å². The van der Waals surface area contributed by atoms with Crippen LogP contribution in [0.1, 0.15) is 19.8 Å². The van der Waals surface area contributed by atoms with Gasteiger partial charge >= 0.3 is 10.4 Å². The van der Waals surface area contributed by atoms with Crippen LogP contribution < -0.4 is 4.74 Å². The number of unbranched alkanes of at least 4 members (excludes halogenated alkanes) is 1. The minimum absolute atomic E-state index is 0.494. The molecule has 0 spiro atoms. The molecule has 0 saturated carbocycles. The maximum absolute atomic E-state index is 9.33. The summed E-state index contributed by atoms with van der Waals surface area (Å²) < 4.78 is 41.4. The van der Waals surface area contributed by atoms with Gasteiger partial charge in [-0.15, -0.1) is 0 Å². The summed E-state index contributed by atoms with van der Waals surface area (Å²) in [5.41, 5.74) is 2.31. The topological polar surface area (TPSA) is 82.1 Å². The molecule has 6 nitrogen and oxygen atoms in total. The summed E-state index contributed by atoms with van der Waals surface area (Å²) in [6.07, 6.45) is 4.96. The van der Waals surface area contributed by atoms with Gasteiger partial charge in [-0.3, -0.25) is 8.74 Å². The van der Waals surface area contributed by atoms with Crippen molar-refractivity contribution >= 4 is 21.3 Å². The third kappa shape index (κ3) is 12.2. The third-order valence-electron chi connectivity index (χ3n) is 4.09. The van der Waals surface area contributed by atoms with Gasteiger partial charge in [0.05, 0.1) is 26.6 Å². The van der Waals surface area contributed by atoms with Gasteiger partial charge in [0.2, 0.25) is 0 Å². The van der Waals surface area contributed by atoms with Crippen LogP contribution in [0.5, 0.6) is 5.75 Å². The molecule has 30 heavy (non-hydrogen) atoms. The molecule has 0 aliphatic heterocycles. The van der Waals surface area contributed by atoms with Gasteiger partial charge in [-0.05, 0) is 28.9 Å². The van der Waals surface area contributed by atoms with Gasteiger partial charge in [0.1, 0.15) is 23.9 Å². The lowest BCUT2D eigenvalue weighted by Crippen LogP contribution is -2.16. The fraction of sp³-hybridized carbons (Fsp3) is 0.455. The Labute approximate surface area is 183 Å². The fourth-order valence-corrected chi connectivity index (χ4v) is 3.84. The minimum atomic E-state index is -4.16. The fourth-order valence-electron chi connectivity index (χ4n) is 2.46. The van der Waals surface area contributed by atoms with Crippen molar-refractivity contribution in [3.05, 3.63) is 54.6 Å². The molecule has 0 fully saturated rings. The standard InChI is InChI=1S/C21H29O2S.CH4O4S/c1-3-4-17-24(2)18-16-22-14-15-23-21-13-9-8-12-20(21)19-10-6-5-7-11-19;1-5-6(2,3)4/h5-13H,3-4,14-18H2,1-2H3;1H3,(H,2,3,4)/q+1;. The molecule has 1 unspecified atom stereocenters. The summed E-state index contributed by atoms with van der Waals surface area (Å²) in [6, 6.07) is 18.5. The highest BCUT2D eigenvalue weighted by molar-refractivity contribution is 7.96. The first kappa shape index (κ1) is 26.5. The number of para-hydroxylation sites is 1. The Morgan fingerprint density at radius 1 is 0.933 bits per heavy atom. The Morgan fingerprint density at radius 3 is 2.20 bits per heavy atom. The van der Waals surface area contributed by atoms with Crippen LogP contribution in [-0.2, 0) is 30.2 Å². The highest BCUT2D eigenvalue weighted by atomic mass is 32.3. The predicted octanol–water partition coefficient (Wildman–Crippen LogP) is 4.23. The van der Waals surface area contributed by atoms with Gasteiger partial charge in [-0.25, -0.2) is 0 Å².